The van der Waals surface area contributed by atoms with Crippen molar-refractivity contribution in [2.45, 2.75) is 25.5 Å². The van der Waals surface area contributed by atoms with E-state index in [-0.39, 0.29) is 18.8 Å². The van der Waals surface area contributed by atoms with Crippen LogP contribution in [0.2, 0.25) is 0 Å². The number of alkyl halides is 2. The Labute approximate surface area is 247 Å². The first-order valence-corrected chi connectivity index (χ1v) is 14.6. The molecule has 0 radical (unpaired) electrons. The van der Waals surface area contributed by atoms with Crippen molar-refractivity contribution < 1.29 is 38.9 Å². The summed E-state index contributed by atoms with van der Waals surface area (Å²) in [6.07, 6.45) is -2.25. The van der Waals surface area contributed by atoms with E-state index in [0.717, 1.165) is 27.6 Å². The number of halogens is 2. The highest BCUT2D eigenvalue weighted by Gasteiger charge is 2.22. The molecule has 0 heterocycles. The molecule has 2 amide bonds. The molecule has 0 aromatic heterocycles. The fourth-order valence-corrected chi connectivity index (χ4v) is 4.43. The van der Waals surface area contributed by atoms with E-state index >= 15 is 0 Å². The van der Waals surface area contributed by atoms with Gasteiger partial charge in [-0.25, -0.2) is 14.4 Å². The molecule has 13 heteroatoms. The van der Waals surface area contributed by atoms with Crippen LogP contribution in [0.5, 0.6) is 5.75 Å². The highest BCUT2D eigenvalue weighted by atomic mass is 127. The van der Waals surface area contributed by atoms with Crippen molar-refractivity contribution in [2.75, 3.05) is 38.8 Å². The monoisotopic (exact) mass is 753 g/mol. The molecule has 0 aliphatic carbocycles. The Morgan fingerprint density at radius 1 is 0.921 bits per heavy atom. The van der Waals surface area contributed by atoms with Crippen molar-refractivity contribution in [3.05, 3.63) is 54.1 Å². The van der Waals surface area contributed by atoms with Crippen LogP contribution in [0.3, 0.4) is 0 Å². The van der Waals surface area contributed by atoms with Crippen LogP contribution >= 0.6 is 45.2 Å². The van der Waals surface area contributed by atoms with Gasteiger partial charge in [-0.1, -0.05) is 57.3 Å². The molecule has 0 fully saturated rings. The lowest BCUT2D eigenvalue weighted by molar-refractivity contribution is -0.140. The summed E-state index contributed by atoms with van der Waals surface area (Å²) in [5.41, 5.74) is 2.44. The minimum Gasteiger partial charge on any atom is -0.481 e. The first-order valence-electron chi connectivity index (χ1n) is 11.5. The number of carbonyl (C=O) groups excluding carboxylic acids is 2. The summed E-state index contributed by atoms with van der Waals surface area (Å²) in [6, 6.07) is 12.4. The first kappa shape index (κ1) is 31.4. The Morgan fingerprint density at radius 3 is 2.03 bits per heavy atom. The van der Waals surface area contributed by atoms with Gasteiger partial charge in [0.25, 0.3) is 0 Å². The Morgan fingerprint density at radius 2 is 1.50 bits per heavy atom. The summed E-state index contributed by atoms with van der Waals surface area (Å²) in [4.78, 5) is 50.1. The van der Waals surface area contributed by atoms with Crippen molar-refractivity contribution >= 4 is 80.7 Å². The number of hydrogen-bond acceptors (Lipinski definition) is 7. The fraction of sp³-hybridized carbons (Fsp3) is 0.360. The molecule has 0 saturated carbocycles. The van der Waals surface area contributed by atoms with Gasteiger partial charge in [0.1, 0.15) is 18.4 Å². The minimum absolute atomic E-state index is 0.0108. The van der Waals surface area contributed by atoms with E-state index < -0.39 is 36.6 Å². The molecule has 0 bridgehead atoms. The molecule has 1 atom stereocenters. The number of ether oxygens (including phenoxy) is 2. The zero-order valence-electron chi connectivity index (χ0n) is 20.6. The van der Waals surface area contributed by atoms with Crippen molar-refractivity contribution in [2.24, 2.45) is 0 Å². The van der Waals surface area contributed by atoms with E-state index in [4.69, 9.17) is 19.7 Å². The van der Waals surface area contributed by atoms with Gasteiger partial charge >= 0.3 is 24.1 Å². The largest absolute Gasteiger partial charge is 0.481 e. The summed E-state index contributed by atoms with van der Waals surface area (Å²) in [6.45, 7) is 1.89. The normalized spacial score (nSPS) is 11.2. The van der Waals surface area contributed by atoms with Gasteiger partial charge in [-0.05, 0) is 48.4 Å². The van der Waals surface area contributed by atoms with Gasteiger partial charge in [-0.3, -0.25) is 9.69 Å². The van der Waals surface area contributed by atoms with Crippen LogP contribution in [0.15, 0.2) is 48.5 Å². The number of carboxylic acids is 2. The van der Waals surface area contributed by atoms with E-state index in [0.29, 0.717) is 11.3 Å². The van der Waals surface area contributed by atoms with Crippen molar-refractivity contribution in [3.8, 4) is 5.75 Å². The van der Waals surface area contributed by atoms with Gasteiger partial charge in [-0.15, -0.1) is 0 Å². The predicted octanol–water partition coefficient (Wildman–Crippen LogP) is 4.54. The average Bonchev–Trinajstić information content (AvgIpc) is 2.89. The van der Waals surface area contributed by atoms with Crippen molar-refractivity contribution in [3.63, 3.8) is 0 Å². The molecule has 3 N–H and O–H groups in total. The van der Waals surface area contributed by atoms with E-state index in [1.165, 1.54) is 17.0 Å². The molecule has 2 aromatic carbocycles. The van der Waals surface area contributed by atoms with Crippen LogP contribution in [0.4, 0.5) is 21.0 Å². The van der Waals surface area contributed by atoms with E-state index in [1.54, 1.807) is 19.2 Å². The maximum atomic E-state index is 12.5. The molecule has 0 saturated heterocycles. The lowest BCUT2D eigenvalue weighted by Crippen LogP contribution is -2.42. The second-order valence-electron chi connectivity index (χ2n) is 8.00. The maximum absolute atomic E-state index is 12.5. The molecule has 0 aliphatic heterocycles. The summed E-state index contributed by atoms with van der Waals surface area (Å²) in [5, 5.41) is 19.9. The van der Waals surface area contributed by atoms with Crippen LogP contribution < -0.4 is 19.9 Å². The summed E-state index contributed by atoms with van der Waals surface area (Å²) < 4.78 is 12.5. The number of anilines is 2. The van der Waals surface area contributed by atoms with Crippen LogP contribution in [0, 0.1) is 0 Å². The quantitative estimate of drug-likeness (QED) is 0.187. The SMILES string of the molecule is CN(C(=O)OCc1ccc(OC(=O)N[C@@H](CCC(=O)O)C(=O)O)cc1)c1ccc(N(CCI)CCI)cc1. The molecule has 0 spiro atoms. The third kappa shape index (κ3) is 10.5. The van der Waals surface area contributed by atoms with Gasteiger partial charge in [-0.2, -0.15) is 0 Å². The maximum Gasteiger partial charge on any atom is 0.414 e. The molecule has 2 aromatic rings. The van der Waals surface area contributed by atoms with Crippen LogP contribution in [-0.4, -0.2) is 69.4 Å². The first-order chi connectivity index (χ1) is 18.1. The van der Waals surface area contributed by atoms with E-state index in [2.05, 4.69) is 55.4 Å². The van der Waals surface area contributed by atoms with Gasteiger partial charge < -0.3 is 29.9 Å². The van der Waals surface area contributed by atoms with Gasteiger partial charge in [0.05, 0.1) is 0 Å². The minimum atomic E-state index is -1.39. The molecule has 38 heavy (non-hydrogen) atoms. The number of hydrogen-bond donors (Lipinski definition) is 3. The zero-order valence-corrected chi connectivity index (χ0v) is 25.0. The zero-order chi connectivity index (χ0) is 28.1. The topological polar surface area (TPSA) is 146 Å². The molecule has 0 unspecified atom stereocenters. The predicted molar refractivity (Wildman–Crippen MR) is 159 cm³/mol. The highest BCUT2D eigenvalue weighted by molar-refractivity contribution is 14.1. The van der Waals surface area contributed by atoms with Crippen molar-refractivity contribution in [1.29, 1.82) is 0 Å². The number of amides is 2. The third-order valence-electron chi connectivity index (χ3n) is 5.32. The summed E-state index contributed by atoms with van der Waals surface area (Å²) >= 11 is 4.70. The number of carbonyl (C=O) groups is 4. The number of carboxylic acid groups (broad SMARTS) is 2. The molecular weight excluding hydrogens is 724 g/mol. The summed E-state index contributed by atoms with van der Waals surface area (Å²) in [7, 11) is 1.63. The van der Waals surface area contributed by atoms with Crippen LogP contribution in [0.1, 0.15) is 18.4 Å². The summed E-state index contributed by atoms with van der Waals surface area (Å²) in [5.74, 6) is -2.40. The Balaban J connectivity index is 1.87. The van der Waals surface area contributed by atoms with Crippen LogP contribution in [0.25, 0.3) is 0 Å². The third-order valence-corrected chi connectivity index (χ3v) is 6.28. The number of benzene rings is 2. The number of aliphatic carboxylic acids is 2. The van der Waals surface area contributed by atoms with E-state index in [1.807, 2.05) is 24.3 Å². The Hall–Kier alpha value is -2.82. The molecule has 11 nitrogen and oxygen atoms in total. The molecule has 206 valence electrons. The van der Waals surface area contributed by atoms with Crippen LogP contribution in [-0.2, 0) is 20.9 Å². The fourth-order valence-electron chi connectivity index (χ4n) is 3.27. The number of nitrogens with one attached hydrogen (secondary N) is 1. The number of rotatable bonds is 14. The molecule has 2 rings (SSSR count). The average molecular weight is 753 g/mol. The Kier molecular flexibility index (Phi) is 13.4. The standard InChI is InChI=1S/C25H29I2N3O8/c1-29(18-4-6-19(7-5-18)30(14-12-26)15-13-27)25(36)37-16-17-2-8-20(9-3-17)38-24(35)28-21(23(33)34)10-11-22(31)32/h2-9,21H,10-16H2,1H3,(H,28,35)(H,31,32)(H,33,34)/t21-/m0/s1. The van der Waals surface area contributed by atoms with Gasteiger partial charge in [0.15, 0.2) is 0 Å². The van der Waals surface area contributed by atoms with Crippen molar-refractivity contribution in [1.82, 2.24) is 5.32 Å². The van der Waals surface area contributed by atoms with E-state index in [9.17, 15) is 19.2 Å². The second-order valence-corrected chi connectivity index (χ2v) is 10.2. The Bertz CT molecular complexity index is 1080. The second kappa shape index (κ2) is 16.2. The van der Waals surface area contributed by atoms with Gasteiger partial charge in [0, 0.05) is 46.8 Å². The molecular formula is C25H29I2N3O8. The lowest BCUT2D eigenvalue weighted by atomic mass is 10.1. The lowest BCUT2D eigenvalue weighted by Gasteiger charge is -2.24. The number of nitrogens with zero attached hydrogens (tertiary/aromatic N) is 2. The van der Waals surface area contributed by atoms with Gasteiger partial charge in [0.2, 0.25) is 0 Å². The smallest absolute Gasteiger partial charge is 0.414 e. The highest BCUT2D eigenvalue weighted by Crippen LogP contribution is 2.21. The molecule has 0 aliphatic rings.